The summed E-state index contributed by atoms with van der Waals surface area (Å²) in [6, 6.07) is 4.34. The fraction of sp³-hybridized carbons (Fsp3) is 0.286. The average Bonchev–Trinajstić information content (AvgIpc) is 2.73. The Morgan fingerprint density at radius 2 is 2.17 bits per heavy atom. The van der Waals surface area contributed by atoms with Crippen LogP contribution in [0.25, 0.3) is 11.1 Å². The number of aryl methyl sites for hydroxylation is 1. The lowest BCUT2D eigenvalue weighted by Gasteiger charge is -2.05. The van der Waals surface area contributed by atoms with Crippen LogP contribution in [0.4, 0.5) is 4.39 Å². The molecule has 0 saturated heterocycles. The Morgan fingerprint density at radius 1 is 1.39 bits per heavy atom. The molecule has 0 atom stereocenters. The van der Waals surface area contributed by atoms with Gasteiger partial charge in [-0.05, 0) is 31.5 Å². The molecule has 0 unspecified atom stereocenters. The number of carbonyl (C=O) groups excluding carboxylic acids is 1. The van der Waals surface area contributed by atoms with Crippen molar-refractivity contribution in [3.63, 3.8) is 0 Å². The quantitative estimate of drug-likeness (QED) is 0.776. The molecule has 2 aromatic rings. The molecule has 0 bridgehead atoms. The zero-order valence-electron chi connectivity index (χ0n) is 10.5. The van der Waals surface area contributed by atoms with Gasteiger partial charge in [0.05, 0.1) is 6.20 Å². The van der Waals surface area contributed by atoms with E-state index in [1.807, 2.05) is 11.6 Å². The van der Waals surface area contributed by atoms with Crippen LogP contribution >= 0.6 is 0 Å². The minimum atomic E-state index is -0.334. The molecule has 0 aliphatic rings. The van der Waals surface area contributed by atoms with Crippen molar-refractivity contribution >= 4 is 6.29 Å². The van der Waals surface area contributed by atoms with Crippen LogP contribution in [0.1, 0.15) is 29.4 Å². The third-order valence-electron chi connectivity index (χ3n) is 2.96. The van der Waals surface area contributed by atoms with E-state index in [2.05, 4.69) is 12.0 Å². The van der Waals surface area contributed by atoms with E-state index in [-0.39, 0.29) is 5.82 Å². The van der Waals surface area contributed by atoms with Gasteiger partial charge in [-0.25, -0.2) is 4.39 Å². The van der Waals surface area contributed by atoms with Crippen LogP contribution < -0.4 is 0 Å². The van der Waals surface area contributed by atoms with Crippen molar-refractivity contribution < 1.29 is 9.18 Å². The van der Waals surface area contributed by atoms with Crippen molar-refractivity contribution in [1.29, 1.82) is 0 Å². The van der Waals surface area contributed by atoms with Gasteiger partial charge >= 0.3 is 0 Å². The second-order valence-electron chi connectivity index (χ2n) is 4.22. The third kappa shape index (κ3) is 2.18. The first-order valence-corrected chi connectivity index (χ1v) is 5.95. The van der Waals surface area contributed by atoms with Crippen LogP contribution in [0.5, 0.6) is 0 Å². The van der Waals surface area contributed by atoms with Gasteiger partial charge in [-0.2, -0.15) is 5.10 Å². The van der Waals surface area contributed by atoms with E-state index in [4.69, 9.17) is 0 Å². The summed E-state index contributed by atoms with van der Waals surface area (Å²) in [4.78, 5) is 10.8. The monoisotopic (exact) mass is 246 g/mol. The molecule has 1 heterocycles. The lowest BCUT2D eigenvalue weighted by molar-refractivity contribution is 0.112. The fourth-order valence-electron chi connectivity index (χ4n) is 1.97. The Balaban J connectivity index is 2.51. The van der Waals surface area contributed by atoms with Crippen molar-refractivity contribution in [2.45, 2.75) is 26.8 Å². The maximum Gasteiger partial charge on any atom is 0.150 e. The number of aldehydes is 1. The van der Waals surface area contributed by atoms with Gasteiger partial charge in [0.1, 0.15) is 12.1 Å². The van der Waals surface area contributed by atoms with Gasteiger partial charge in [-0.15, -0.1) is 0 Å². The van der Waals surface area contributed by atoms with Crippen LogP contribution in [0, 0.1) is 12.7 Å². The summed E-state index contributed by atoms with van der Waals surface area (Å²) in [5, 5.41) is 4.24. The highest BCUT2D eigenvalue weighted by Gasteiger charge is 2.12. The number of carbonyl (C=O) groups is 1. The molecule has 2 rings (SSSR count). The van der Waals surface area contributed by atoms with Gasteiger partial charge in [-0.3, -0.25) is 9.48 Å². The molecule has 1 aromatic heterocycles. The second kappa shape index (κ2) is 5.12. The summed E-state index contributed by atoms with van der Waals surface area (Å²) >= 11 is 0. The van der Waals surface area contributed by atoms with Gasteiger partial charge < -0.3 is 0 Å². The second-order valence-corrected chi connectivity index (χ2v) is 4.22. The van der Waals surface area contributed by atoms with Crippen molar-refractivity contribution in [2.24, 2.45) is 0 Å². The van der Waals surface area contributed by atoms with Crippen molar-refractivity contribution in [3.8, 4) is 11.1 Å². The first kappa shape index (κ1) is 12.5. The summed E-state index contributed by atoms with van der Waals surface area (Å²) in [5.74, 6) is -0.334. The zero-order valence-corrected chi connectivity index (χ0v) is 10.5. The number of rotatable bonds is 4. The Hall–Kier alpha value is -1.97. The maximum absolute atomic E-state index is 13.8. The summed E-state index contributed by atoms with van der Waals surface area (Å²) in [6.45, 7) is 4.78. The van der Waals surface area contributed by atoms with Gasteiger partial charge in [0, 0.05) is 28.9 Å². The lowest BCUT2D eigenvalue weighted by atomic mass is 10.0. The molecule has 0 radical (unpaired) electrons. The van der Waals surface area contributed by atoms with Crippen LogP contribution in [-0.2, 0) is 6.54 Å². The van der Waals surface area contributed by atoms with Crippen molar-refractivity contribution in [3.05, 3.63) is 41.5 Å². The summed E-state index contributed by atoms with van der Waals surface area (Å²) in [7, 11) is 0. The van der Waals surface area contributed by atoms with E-state index in [0.29, 0.717) is 11.1 Å². The highest BCUT2D eigenvalue weighted by molar-refractivity contribution is 5.79. The lowest BCUT2D eigenvalue weighted by Crippen LogP contribution is -2.01. The standard InChI is InChI=1S/C14H15FN2O/c1-3-6-17-10(2)13(8-16-17)12-7-11(9-18)4-5-14(12)15/h4-5,7-9H,3,6H2,1-2H3. The minimum Gasteiger partial charge on any atom is -0.298 e. The highest BCUT2D eigenvalue weighted by atomic mass is 19.1. The Kier molecular flexibility index (Phi) is 3.55. The molecule has 0 amide bonds. The Labute approximate surface area is 105 Å². The molecule has 0 N–H and O–H groups in total. The normalized spacial score (nSPS) is 10.6. The average molecular weight is 246 g/mol. The summed E-state index contributed by atoms with van der Waals surface area (Å²) < 4.78 is 15.7. The third-order valence-corrected chi connectivity index (χ3v) is 2.96. The van der Waals surface area contributed by atoms with Crippen molar-refractivity contribution in [2.75, 3.05) is 0 Å². The van der Waals surface area contributed by atoms with Gasteiger partial charge in [-0.1, -0.05) is 6.92 Å². The highest BCUT2D eigenvalue weighted by Crippen LogP contribution is 2.26. The number of hydrogen-bond acceptors (Lipinski definition) is 2. The van der Waals surface area contributed by atoms with Gasteiger partial charge in [0.2, 0.25) is 0 Å². The van der Waals surface area contributed by atoms with E-state index in [1.165, 1.54) is 12.1 Å². The summed E-state index contributed by atoms with van der Waals surface area (Å²) in [6.07, 6.45) is 3.34. The molecule has 4 heteroatoms. The fourth-order valence-corrected chi connectivity index (χ4v) is 1.97. The number of halogens is 1. The van der Waals surface area contributed by atoms with E-state index >= 15 is 0 Å². The number of nitrogens with zero attached hydrogens (tertiary/aromatic N) is 2. The van der Waals surface area contributed by atoms with Crippen LogP contribution in [0.2, 0.25) is 0 Å². The molecular weight excluding hydrogens is 231 g/mol. The van der Waals surface area contributed by atoms with Gasteiger partial charge in [0.15, 0.2) is 0 Å². The number of benzene rings is 1. The predicted octanol–water partition coefficient (Wildman–Crippen LogP) is 3.22. The van der Waals surface area contributed by atoms with Crippen molar-refractivity contribution in [1.82, 2.24) is 9.78 Å². The van der Waals surface area contributed by atoms with E-state index in [9.17, 15) is 9.18 Å². The molecule has 0 spiro atoms. The van der Waals surface area contributed by atoms with Crippen LogP contribution in [0.3, 0.4) is 0 Å². The molecule has 0 aliphatic heterocycles. The molecule has 0 saturated carbocycles. The van der Waals surface area contributed by atoms with Crippen LogP contribution in [0.15, 0.2) is 24.4 Å². The van der Waals surface area contributed by atoms with E-state index in [0.717, 1.165) is 30.5 Å². The first-order valence-electron chi connectivity index (χ1n) is 5.95. The molecule has 0 fully saturated rings. The smallest absolute Gasteiger partial charge is 0.150 e. The number of hydrogen-bond donors (Lipinski definition) is 0. The molecule has 94 valence electrons. The predicted molar refractivity (Wildman–Crippen MR) is 68.0 cm³/mol. The molecule has 3 nitrogen and oxygen atoms in total. The minimum absolute atomic E-state index is 0.334. The first-order chi connectivity index (χ1) is 8.67. The SMILES string of the molecule is CCCn1ncc(-c2cc(C=O)ccc2F)c1C. The molecule has 18 heavy (non-hydrogen) atoms. The largest absolute Gasteiger partial charge is 0.298 e. The molecule has 1 aromatic carbocycles. The Morgan fingerprint density at radius 3 is 2.83 bits per heavy atom. The van der Waals surface area contributed by atoms with Crippen LogP contribution in [-0.4, -0.2) is 16.1 Å². The topological polar surface area (TPSA) is 34.9 Å². The zero-order chi connectivity index (χ0) is 13.1. The van der Waals surface area contributed by atoms with Gasteiger partial charge in [0.25, 0.3) is 0 Å². The number of aromatic nitrogens is 2. The maximum atomic E-state index is 13.8. The van der Waals surface area contributed by atoms with E-state index in [1.54, 1.807) is 12.3 Å². The Bertz CT molecular complexity index is 575. The molecular formula is C14H15FN2O. The molecule has 0 aliphatic carbocycles. The van der Waals surface area contributed by atoms with E-state index < -0.39 is 0 Å². The summed E-state index contributed by atoms with van der Waals surface area (Å²) in [5.41, 5.74) is 2.55.